The van der Waals surface area contributed by atoms with Gasteiger partial charge >= 0.3 is 11.9 Å². The van der Waals surface area contributed by atoms with Crippen LogP contribution in [0.3, 0.4) is 0 Å². The highest BCUT2D eigenvalue weighted by Crippen LogP contribution is 2.16. The zero-order chi connectivity index (χ0) is 37.1. The summed E-state index contributed by atoms with van der Waals surface area (Å²) < 4.78 is 10.6. The molecule has 1 atom stereocenters. The van der Waals surface area contributed by atoms with E-state index in [9.17, 15) is 14.7 Å². The highest BCUT2D eigenvalue weighted by Gasteiger charge is 2.16. The van der Waals surface area contributed by atoms with Gasteiger partial charge in [0.2, 0.25) is 0 Å². The highest BCUT2D eigenvalue weighted by atomic mass is 16.6. The lowest BCUT2D eigenvalue weighted by atomic mass is 10.0. The van der Waals surface area contributed by atoms with Gasteiger partial charge in [-0.05, 0) is 38.5 Å². The molecule has 0 aromatic heterocycles. The molecule has 0 saturated carbocycles. The summed E-state index contributed by atoms with van der Waals surface area (Å²) in [5.41, 5.74) is 0. The number of rotatable bonds is 42. The molecule has 51 heavy (non-hydrogen) atoms. The number of unbranched alkanes of at least 4 members (excludes halogenated alkanes) is 32. The number of ether oxygens (including phenoxy) is 2. The third-order valence-electron chi connectivity index (χ3n) is 10.3. The van der Waals surface area contributed by atoms with Crippen molar-refractivity contribution in [3.63, 3.8) is 0 Å². The molecule has 0 heterocycles. The first kappa shape index (κ1) is 49.6. The second kappa shape index (κ2) is 43.0. The minimum absolute atomic E-state index is 0.0627. The van der Waals surface area contributed by atoms with Crippen molar-refractivity contribution >= 4 is 11.9 Å². The number of hydrogen-bond donors (Lipinski definition) is 1. The Morgan fingerprint density at radius 2 is 0.725 bits per heavy atom. The molecule has 0 aliphatic rings. The quantitative estimate of drug-likeness (QED) is 0.0386. The normalized spacial score (nSPS) is 12.1. The van der Waals surface area contributed by atoms with Crippen molar-refractivity contribution in [1.82, 2.24) is 0 Å². The van der Waals surface area contributed by atoms with E-state index in [1.807, 2.05) is 0 Å². The van der Waals surface area contributed by atoms with Crippen LogP contribution in [0.1, 0.15) is 251 Å². The molecule has 5 nitrogen and oxygen atoms in total. The third-order valence-corrected chi connectivity index (χ3v) is 10.3. The van der Waals surface area contributed by atoms with Crippen LogP contribution in [0.25, 0.3) is 0 Å². The van der Waals surface area contributed by atoms with E-state index in [4.69, 9.17) is 9.47 Å². The molecule has 302 valence electrons. The Morgan fingerprint density at radius 3 is 1.06 bits per heavy atom. The molecule has 0 fully saturated rings. The fraction of sp³-hybridized carbons (Fsp3) is 0.913. The topological polar surface area (TPSA) is 72.8 Å². The van der Waals surface area contributed by atoms with Crippen LogP contribution in [0.2, 0.25) is 0 Å². The second-order valence-corrected chi connectivity index (χ2v) is 15.5. The molecule has 1 N–H and O–H groups in total. The second-order valence-electron chi connectivity index (χ2n) is 15.5. The number of aliphatic hydroxyl groups is 1. The summed E-state index contributed by atoms with van der Waals surface area (Å²) in [5, 5.41) is 9.58. The van der Waals surface area contributed by atoms with E-state index in [1.54, 1.807) is 0 Å². The Labute approximate surface area is 318 Å². The number of carbonyl (C=O) groups is 2. The summed E-state index contributed by atoms with van der Waals surface area (Å²) >= 11 is 0. The number of allylic oxidation sites excluding steroid dienone is 2. The molecule has 0 radical (unpaired) electrons. The smallest absolute Gasteiger partial charge is 0.306 e. The van der Waals surface area contributed by atoms with Gasteiger partial charge < -0.3 is 14.6 Å². The van der Waals surface area contributed by atoms with Gasteiger partial charge in [0.25, 0.3) is 0 Å². The molecule has 0 spiro atoms. The van der Waals surface area contributed by atoms with E-state index in [0.717, 1.165) is 38.5 Å². The molecule has 0 aliphatic heterocycles. The number of carbonyl (C=O) groups excluding carboxylic acids is 2. The van der Waals surface area contributed by atoms with Crippen molar-refractivity contribution in [2.75, 3.05) is 13.2 Å². The van der Waals surface area contributed by atoms with Gasteiger partial charge in [0.1, 0.15) is 6.61 Å². The maximum Gasteiger partial charge on any atom is 0.306 e. The molecule has 1 unspecified atom stereocenters. The standard InChI is InChI=1S/C46H88O5/c1-3-5-7-9-11-13-15-17-19-21-22-23-24-25-27-28-30-32-34-36-38-40-45(48)50-43-44(42-47)51-46(49)41-39-37-35-33-31-29-26-20-18-16-14-12-10-8-6-4-2/h20,26,44,47H,3-19,21-25,27-43H2,1-2H3/b26-20-. The molecule has 5 heteroatoms. The fourth-order valence-corrected chi connectivity index (χ4v) is 6.85. The van der Waals surface area contributed by atoms with E-state index in [2.05, 4.69) is 26.0 Å². The summed E-state index contributed by atoms with van der Waals surface area (Å²) in [6.07, 6.45) is 50.0. The summed E-state index contributed by atoms with van der Waals surface area (Å²) in [7, 11) is 0. The maximum atomic E-state index is 12.2. The van der Waals surface area contributed by atoms with Gasteiger partial charge in [-0.15, -0.1) is 0 Å². The molecular formula is C46H88O5. The lowest BCUT2D eigenvalue weighted by Gasteiger charge is -2.15. The van der Waals surface area contributed by atoms with Crippen LogP contribution in [0, 0.1) is 0 Å². The molecule has 0 aromatic rings. The predicted octanol–water partition coefficient (Wildman–Crippen LogP) is 14.5. The first-order valence-electron chi connectivity index (χ1n) is 22.7. The Balaban J connectivity index is 3.47. The average molecular weight is 721 g/mol. The molecule has 0 saturated heterocycles. The number of hydrogen-bond acceptors (Lipinski definition) is 5. The lowest BCUT2D eigenvalue weighted by molar-refractivity contribution is -0.161. The fourth-order valence-electron chi connectivity index (χ4n) is 6.85. The van der Waals surface area contributed by atoms with Crippen LogP contribution in [0.5, 0.6) is 0 Å². The van der Waals surface area contributed by atoms with Gasteiger partial charge in [-0.3, -0.25) is 9.59 Å². The third kappa shape index (κ3) is 41.3. The van der Waals surface area contributed by atoms with Crippen LogP contribution in [0.4, 0.5) is 0 Å². The zero-order valence-electron chi connectivity index (χ0n) is 34.4. The SMILES string of the molecule is CCCCCCCCC/C=C\CCCCCCCC(=O)OC(CO)COC(=O)CCCCCCCCCCCCCCCCCCCCCCC. The van der Waals surface area contributed by atoms with Crippen molar-refractivity contribution in [2.24, 2.45) is 0 Å². The maximum absolute atomic E-state index is 12.2. The molecule has 0 aromatic carbocycles. The van der Waals surface area contributed by atoms with E-state index in [0.29, 0.717) is 12.8 Å². The molecule has 0 aliphatic carbocycles. The van der Waals surface area contributed by atoms with Crippen molar-refractivity contribution in [3.8, 4) is 0 Å². The highest BCUT2D eigenvalue weighted by molar-refractivity contribution is 5.70. The molecule has 0 amide bonds. The number of aliphatic hydroxyl groups excluding tert-OH is 1. The van der Waals surface area contributed by atoms with Crippen molar-refractivity contribution in [1.29, 1.82) is 0 Å². The largest absolute Gasteiger partial charge is 0.462 e. The number of esters is 2. The summed E-state index contributed by atoms with van der Waals surface area (Å²) in [5.74, 6) is -0.585. The van der Waals surface area contributed by atoms with E-state index in [-0.39, 0.29) is 25.2 Å². The lowest BCUT2D eigenvalue weighted by Crippen LogP contribution is -2.28. The van der Waals surface area contributed by atoms with Crippen molar-refractivity contribution in [3.05, 3.63) is 12.2 Å². The molecule has 0 rings (SSSR count). The van der Waals surface area contributed by atoms with E-state index in [1.165, 1.54) is 186 Å². The van der Waals surface area contributed by atoms with E-state index >= 15 is 0 Å². The van der Waals surface area contributed by atoms with Crippen LogP contribution in [0.15, 0.2) is 12.2 Å². The first-order chi connectivity index (χ1) is 25.1. The Bertz CT molecular complexity index is 735. The minimum Gasteiger partial charge on any atom is -0.462 e. The molecular weight excluding hydrogens is 633 g/mol. The van der Waals surface area contributed by atoms with Crippen molar-refractivity contribution in [2.45, 2.75) is 258 Å². The van der Waals surface area contributed by atoms with Gasteiger partial charge in [-0.2, -0.15) is 0 Å². The van der Waals surface area contributed by atoms with Gasteiger partial charge in [-0.25, -0.2) is 0 Å². The van der Waals surface area contributed by atoms with Crippen molar-refractivity contribution < 1.29 is 24.2 Å². The summed E-state index contributed by atoms with van der Waals surface area (Å²) in [4.78, 5) is 24.3. The van der Waals surface area contributed by atoms with Gasteiger partial charge in [0.15, 0.2) is 6.10 Å². The van der Waals surface area contributed by atoms with Gasteiger partial charge in [-0.1, -0.05) is 212 Å². The predicted molar refractivity (Wildman–Crippen MR) is 219 cm³/mol. The monoisotopic (exact) mass is 721 g/mol. The Morgan fingerprint density at radius 1 is 0.431 bits per heavy atom. The molecule has 0 bridgehead atoms. The minimum atomic E-state index is -0.769. The van der Waals surface area contributed by atoms with Gasteiger partial charge in [0, 0.05) is 12.8 Å². The Hall–Kier alpha value is -1.36. The average Bonchev–Trinajstić information content (AvgIpc) is 3.13. The van der Waals surface area contributed by atoms with Gasteiger partial charge in [0.05, 0.1) is 6.61 Å². The zero-order valence-corrected chi connectivity index (χ0v) is 34.4. The van der Waals surface area contributed by atoms with Crippen LogP contribution in [-0.4, -0.2) is 36.4 Å². The first-order valence-corrected chi connectivity index (χ1v) is 22.7. The van der Waals surface area contributed by atoms with E-state index < -0.39 is 6.10 Å². The Kier molecular flexibility index (Phi) is 41.9. The van der Waals surface area contributed by atoms with Crippen LogP contribution >= 0.6 is 0 Å². The van der Waals surface area contributed by atoms with Crippen LogP contribution in [-0.2, 0) is 19.1 Å². The van der Waals surface area contributed by atoms with Crippen LogP contribution < -0.4 is 0 Å². The summed E-state index contributed by atoms with van der Waals surface area (Å²) in [6, 6.07) is 0. The summed E-state index contributed by atoms with van der Waals surface area (Å²) in [6.45, 7) is 4.16.